The predicted octanol–water partition coefficient (Wildman–Crippen LogP) is 12.4. The van der Waals surface area contributed by atoms with Crippen LogP contribution in [0.25, 0.3) is 72.8 Å². The molecule has 2 unspecified atom stereocenters. The van der Waals surface area contributed by atoms with Crippen LogP contribution < -0.4 is 4.90 Å². The van der Waals surface area contributed by atoms with Crippen LogP contribution in [0.4, 0.5) is 11.4 Å². The molecular weight excluding hydrogens is 683 g/mol. The van der Waals surface area contributed by atoms with Gasteiger partial charge in [-0.15, -0.1) is 0 Å². The highest BCUT2D eigenvalue weighted by atomic mass is 15.2. The van der Waals surface area contributed by atoms with Crippen LogP contribution in [-0.4, -0.2) is 25.6 Å². The zero-order chi connectivity index (χ0) is 37.0. The van der Waals surface area contributed by atoms with Crippen molar-refractivity contribution in [3.8, 4) is 51.0 Å². The van der Waals surface area contributed by atoms with Gasteiger partial charge in [-0.1, -0.05) is 158 Å². The van der Waals surface area contributed by atoms with E-state index in [0.717, 1.165) is 28.1 Å². The molecule has 0 spiro atoms. The van der Waals surface area contributed by atoms with Gasteiger partial charge in [0.2, 0.25) is 0 Å². The van der Waals surface area contributed by atoms with Crippen LogP contribution in [0, 0.1) is 0 Å². The number of hydrogen-bond donors (Lipinski definition) is 0. The summed E-state index contributed by atoms with van der Waals surface area (Å²) in [4.78, 5) is 17.5. The molecule has 0 fully saturated rings. The minimum Gasteiger partial charge on any atom is -0.333 e. The minimum atomic E-state index is 0.115. The van der Waals surface area contributed by atoms with Gasteiger partial charge in [0.15, 0.2) is 17.5 Å². The van der Waals surface area contributed by atoms with Gasteiger partial charge in [0.25, 0.3) is 0 Å². The number of para-hydroxylation sites is 2. The summed E-state index contributed by atoms with van der Waals surface area (Å²) in [5.74, 6) is 2.13. The first-order valence-corrected chi connectivity index (χ1v) is 19.1. The molecule has 9 aromatic rings. The number of hydrogen-bond acceptors (Lipinski definition) is 4. The number of anilines is 2. The molecule has 2 atom stereocenters. The molecule has 11 rings (SSSR count). The average Bonchev–Trinajstić information content (AvgIpc) is 3.80. The highest BCUT2D eigenvalue weighted by molar-refractivity contribution is 6.10. The molecule has 1 aliphatic carbocycles. The summed E-state index contributed by atoms with van der Waals surface area (Å²) in [6.45, 7) is 0. The van der Waals surface area contributed by atoms with Crippen molar-refractivity contribution in [3.63, 3.8) is 0 Å². The molecule has 7 aromatic carbocycles. The van der Waals surface area contributed by atoms with Crippen LogP contribution in [-0.2, 0) is 0 Å². The number of nitrogens with zero attached hydrogens (tertiary/aromatic N) is 5. The van der Waals surface area contributed by atoms with Gasteiger partial charge < -0.3 is 9.47 Å². The molecule has 5 heteroatoms. The van der Waals surface area contributed by atoms with Gasteiger partial charge in [-0.3, -0.25) is 0 Å². The Balaban J connectivity index is 1.05. The Morgan fingerprint density at radius 1 is 0.411 bits per heavy atom. The maximum absolute atomic E-state index is 5.05. The molecule has 0 saturated heterocycles. The van der Waals surface area contributed by atoms with E-state index in [1.165, 1.54) is 44.2 Å². The second-order valence-electron chi connectivity index (χ2n) is 14.4. The predicted molar refractivity (Wildman–Crippen MR) is 229 cm³/mol. The Kier molecular flexibility index (Phi) is 7.56. The SMILES string of the molecule is C1=CC2c3c(-c4ccc5c6ccccc6n(-c6ccccc6)c5c4)cccc3N(c3cccc(-c4nc(-c5ccccc5)nc(-c5ccccc5)n4)c3)C2C=C1. The van der Waals surface area contributed by atoms with Crippen LogP contribution in [0.5, 0.6) is 0 Å². The monoisotopic (exact) mass is 717 g/mol. The van der Waals surface area contributed by atoms with Crippen LogP contribution in [0.1, 0.15) is 11.5 Å². The average molecular weight is 718 g/mol. The van der Waals surface area contributed by atoms with Crippen LogP contribution in [0.2, 0.25) is 0 Å². The molecule has 0 saturated carbocycles. The standard InChI is InChI=1S/C51H35N5/c1-4-16-34(17-5-1)49-52-50(35-18-6-2-7-19-35)54-51(53-49)37-20-14-23-39(32-37)56-45-28-13-11-25-43(45)48-40(26-15-29-46(48)56)36-30-31-42-41-24-10-12-27-44(41)55(47(42)33-36)38-21-8-3-9-22-38/h1-33,43,45H. The van der Waals surface area contributed by atoms with Crippen molar-refractivity contribution in [2.75, 3.05) is 4.90 Å². The minimum absolute atomic E-state index is 0.115. The smallest absolute Gasteiger partial charge is 0.164 e. The summed E-state index contributed by atoms with van der Waals surface area (Å²) in [7, 11) is 0. The third-order valence-corrected chi connectivity index (χ3v) is 11.2. The Morgan fingerprint density at radius 2 is 1.00 bits per heavy atom. The van der Waals surface area contributed by atoms with Crippen molar-refractivity contribution in [3.05, 3.63) is 206 Å². The van der Waals surface area contributed by atoms with Crippen molar-refractivity contribution in [1.29, 1.82) is 0 Å². The molecule has 2 aromatic heterocycles. The largest absolute Gasteiger partial charge is 0.333 e. The van der Waals surface area contributed by atoms with Gasteiger partial charge in [-0.25, -0.2) is 15.0 Å². The lowest BCUT2D eigenvalue weighted by Gasteiger charge is -2.29. The third-order valence-electron chi connectivity index (χ3n) is 11.2. The molecule has 2 aliphatic rings. The summed E-state index contributed by atoms with van der Waals surface area (Å²) in [5.41, 5.74) is 12.5. The summed E-state index contributed by atoms with van der Waals surface area (Å²) in [6, 6.07) is 62.2. The molecule has 56 heavy (non-hydrogen) atoms. The molecule has 5 nitrogen and oxygen atoms in total. The second-order valence-corrected chi connectivity index (χ2v) is 14.4. The molecule has 1 aliphatic heterocycles. The Hall–Kier alpha value is -7.37. The van der Waals surface area contributed by atoms with Crippen molar-refractivity contribution >= 4 is 33.2 Å². The Labute approximate surface area is 325 Å². The number of fused-ring (bicyclic) bond motifs is 6. The first kappa shape index (κ1) is 32.1. The molecule has 0 radical (unpaired) electrons. The fourth-order valence-corrected chi connectivity index (χ4v) is 8.67. The third kappa shape index (κ3) is 5.28. The topological polar surface area (TPSA) is 46.8 Å². The van der Waals surface area contributed by atoms with Crippen LogP contribution in [0.3, 0.4) is 0 Å². The van der Waals surface area contributed by atoms with E-state index in [4.69, 9.17) is 15.0 Å². The lowest BCUT2D eigenvalue weighted by atomic mass is 9.86. The number of allylic oxidation sites excluding steroid dienone is 2. The fourth-order valence-electron chi connectivity index (χ4n) is 8.67. The molecule has 0 bridgehead atoms. The molecule has 0 amide bonds. The van der Waals surface area contributed by atoms with Gasteiger partial charge in [0.05, 0.1) is 17.1 Å². The van der Waals surface area contributed by atoms with E-state index < -0.39 is 0 Å². The molecule has 0 N–H and O–H groups in total. The molecular formula is C51H35N5. The normalized spacial score (nSPS) is 15.7. The first-order chi connectivity index (χ1) is 27.8. The molecule has 3 heterocycles. The van der Waals surface area contributed by atoms with Crippen molar-refractivity contribution in [2.24, 2.45) is 0 Å². The maximum atomic E-state index is 5.05. The van der Waals surface area contributed by atoms with Crippen molar-refractivity contribution < 1.29 is 0 Å². The highest BCUT2D eigenvalue weighted by Gasteiger charge is 2.39. The van der Waals surface area contributed by atoms with Gasteiger partial charge >= 0.3 is 0 Å². The van der Waals surface area contributed by atoms with Gasteiger partial charge in [0.1, 0.15) is 0 Å². The summed E-state index contributed by atoms with van der Waals surface area (Å²) in [6.07, 6.45) is 9.07. The van der Waals surface area contributed by atoms with E-state index in [1.807, 2.05) is 60.7 Å². The molecule has 264 valence electrons. The summed E-state index contributed by atoms with van der Waals surface area (Å²) < 4.78 is 2.40. The van der Waals surface area contributed by atoms with Crippen LogP contribution >= 0.6 is 0 Å². The van der Waals surface area contributed by atoms with E-state index in [1.54, 1.807) is 0 Å². The van der Waals surface area contributed by atoms with Gasteiger partial charge in [-0.05, 0) is 59.2 Å². The van der Waals surface area contributed by atoms with E-state index in [9.17, 15) is 0 Å². The zero-order valence-electron chi connectivity index (χ0n) is 30.4. The zero-order valence-corrected chi connectivity index (χ0v) is 30.4. The number of rotatable bonds is 6. The Morgan fingerprint density at radius 3 is 1.75 bits per heavy atom. The van der Waals surface area contributed by atoms with E-state index in [0.29, 0.717) is 17.5 Å². The van der Waals surface area contributed by atoms with Crippen molar-refractivity contribution in [1.82, 2.24) is 19.5 Å². The van der Waals surface area contributed by atoms with Gasteiger partial charge in [-0.2, -0.15) is 0 Å². The number of benzene rings is 7. The Bertz CT molecular complexity index is 2930. The quantitative estimate of drug-likeness (QED) is 0.172. The highest BCUT2D eigenvalue weighted by Crippen LogP contribution is 2.52. The summed E-state index contributed by atoms with van der Waals surface area (Å²) in [5, 5.41) is 2.51. The van der Waals surface area contributed by atoms with Gasteiger partial charge in [0, 0.05) is 50.4 Å². The summed E-state index contributed by atoms with van der Waals surface area (Å²) >= 11 is 0. The lowest BCUT2D eigenvalue weighted by Crippen LogP contribution is -2.28. The van der Waals surface area contributed by atoms with E-state index >= 15 is 0 Å². The number of aromatic nitrogens is 4. The second kappa shape index (κ2) is 13.2. The van der Waals surface area contributed by atoms with Crippen LogP contribution in [0.15, 0.2) is 200 Å². The fraction of sp³-hybridized carbons (Fsp3) is 0.0392. The van der Waals surface area contributed by atoms with E-state index in [-0.39, 0.29) is 12.0 Å². The van der Waals surface area contributed by atoms with Crippen molar-refractivity contribution in [2.45, 2.75) is 12.0 Å². The first-order valence-electron chi connectivity index (χ1n) is 19.1. The maximum Gasteiger partial charge on any atom is 0.164 e. The van der Waals surface area contributed by atoms with E-state index in [2.05, 4.69) is 149 Å². The lowest BCUT2D eigenvalue weighted by molar-refractivity contribution is 0.745.